The van der Waals surface area contributed by atoms with Crippen LogP contribution in [0.5, 0.6) is 0 Å². The molecule has 0 spiro atoms. The normalized spacial score (nSPS) is 11.0. The van der Waals surface area contributed by atoms with Gasteiger partial charge in [-0.25, -0.2) is 13.9 Å². The minimum atomic E-state index is -0.448. The molecular weight excluding hydrogens is 335 g/mol. The number of fused-ring (bicyclic) bond motifs is 1. The SMILES string of the molecule is Fc1ccc(Nc2ccn3ncc(-c4cccs4)c3n2)cc1Cl. The van der Waals surface area contributed by atoms with Crippen molar-refractivity contribution in [2.45, 2.75) is 0 Å². The summed E-state index contributed by atoms with van der Waals surface area (Å²) in [6.45, 7) is 0. The summed E-state index contributed by atoms with van der Waals surface area (Å²) in [7, 11) is 0. The van der Waals surface area contributed by atoms with Crippen molar-refractivity contribution < 1.29 is 4.39 Å². The van der Waals surface area contributed by atoms with E-state index < -0.39 is 5.82 Å². The third kappa shape index (κ3) is 2.67. The number of hydrogen-bond acceptors (Lipinski definition) is 4. The minimum Gasteiger partial charge on any atom is -0.340 e. The van der Waals surface area contributed by atoms with Crippen molar-refractivity contribution in [2.24, 2.45) is 0 Å². The first-order chi connectivity index (χ1) is 11.2. The summed E-state index contributed by atoms with van der Waals surface area (Å²) in [6.07, 6.45) is 3.62. The highest BCUT2D eigenvalue weighted by atomic mass is 35.5. The van der Waals surface area contributed by atoms with E-state index >= 15 is 0 Å². The Morgan fingerprint density at radius 2 is 2.13 bits per heavy atom. The first-order valence-corrected chi connectivity index (χ1v) is 8.07. The molecule has 4 nitrogen and oxygen atoms in total. The maximum Gasteiger partial charge on any atom is 0.165 e. The Kier molecular flexibility index (Phi) is 3.48. The Morgan fingerprint density at radius 3 is 2.91 bits per heavy atom. The van der Waals surface area contributed by atoms with Gasteiger partial charge in [0.2, 0.25) is 0 Å². The quantitative estimate of drug-likeness (QED) is 0.569. The van der Waals surface area contributed by atoms with Crippen LogP contribution in [0.4, 0.5) is 15.9 Å². The lowest BCUT2D eigenvalue weighted by Crippen LogP contribution is -1.97. The molecule has 0 atom stereocenters. The summed E-state index contributed by atoms with van der Waals surface area (Å²) in [5.74, 6) is 0.190. The van der Waals surface area contributed by atoms with Crippen LogP contribution >= 0.6 is 22.9 Å². The minimum absolute atomic E-state index is 0.0692. The molecule has 0 unspecified atom stereocenters. The lowest BCUT2D eigenvalue weighted by molar-refractivity contribution is 0.628. The van der Waals surface area contributed by atoms with Crippen LogP contribution in [0, 0.1) is 5.82 Å². The number of anilines is 2. The third-order valence-electron chi connectivity index (χ3n) is 3.35. The monoisotopic (exact) mass is 344 g/mol. The van der Waals surface area contributed by atoms with Gasteiger partial charge in [0.05, 0.1) is 16.8 Å². The van der Waals surface area contributed by atoms with Crippen LogP contribution in [-0.2, 0) is 0 Å². The van der Waals surface area contributed by atoms with Crippen molar-refractivity contribution in [3.05, 3.63) is 65.0 Å². The summed E-state index contributed by atoms with van der Waals surface area (Å²) in [5.41, 5.74) is 2.40. The Morgan fingerprint density at radius 1 is 1.22 bits per heavy atom. The summed E-state index contributed by atoms with van der Waals surface area (Å²) in [4.78, 5) is 5.70. The number of benzene rings is 1. The molecule has 23 heavy (non-hydrogen) atoms. The van der Waals surface area contributed by atoms with E-state index in [0.29, 0.717) is 11.5 Å². The number of thiophene rings is 1. The molecule has 0 aliphatic rings. The zero-order chi connectivity index (χ0) is 15.8. The van der Waals surface area contributed by atoms with E-state index in [-0.39, 0.29) is 5.02 Å². The Hall–Kier alpha value is -2.44. The first kappa shape index (κ1) is 14.2. The first-order valence-electron chi connectivity index (χ1n) is 6.81. The van der Waals surface area contributed by atoms with E-state index in [9.17, 15) is 4.39 Å². The lowest BCUT2D eigenvalue weighted by atomic mass is 10.3. The Balaban J connectivity index is 1.73. The van der Waals surface area contributed by atoms with Gasteiger partial charge < -0.3 is 5.32 Å². The van der Waals surface area contributed by atoms with Crippen molar-refractivity contribution in [2.75, 3.05) is 5.32 Å². The molecule has 0 radical (unpaired) electrons. The van der Waals surface area contributed by atoms with Crippen LogP contribution in [0.15, 0.2) is 54.2 Å². The van der Waals surface area contributed by atoms with Gasteiger partial charge in [0.1, 0.15) is 11.6 Å². The second-order valence-electron chi connectivity index (χ2n) is 4.87. The maximum absolute atomic E-state index is 13.2. The summed E-state index contributed by atoms with van der Waals surface area (Å²) < 4.78 is 14.9. The van der Waals surface area contributed by atoms with Gasteiger partial charge in [-0.2, -0.15) is 5.10 Å². The number of nitrogens with one attached hydrogen (secondary N) is 1. The van der Waals surface area contributed by atoms with E-state index in [1.807, 2.05) is 23.7 Å². The van der Waals surface area contributed by atoms with Crippen molar-refractivity contribution >= 4 is 40.1 Å². The zero-order valence-electron chi connectivity index (χ0n) is 11.7. The largest absolute Gasteiger partial charge is 0.340 e. The van der Waals surface area contributed by atoms with Gasteiger partial charge in [0.15, 0.2) is 5.65 Å². The molecular formula is C16H10ClFN4S. The predicted molar refractivity (Wildman–Crippen MR) is 91.0 cm³/mol. The number of aromatic nitrogens is 3. The lowest BCUT2D eigenvalue weighted by Gasteiger charge is -2.07. The molecule has 4 aromatic rings. The fraction of sp³-hybridized carbons (Fsp3) is 0. The van der Waals surface area contributed by atoms with Crippen LogP contribution in [0.2, 0.25) is 5.02 Å². The maximum atomic E-state index is 13.2. The van der Waals surface area contributed by atoms with Crippen LogP contribution in [0.1, 0.15) is 0 Å². The molecule has 0 saturated carbocycles. The highest BCUT2D eigenvalue weighted by Crippen LogP contribution is 2.29. The van der Waals surface area contributed by atoms with Gasteiger partial charge in [-0.15, -0.1) is 11.3 Å². The molecule has 1 N–H and O–H groups in total. The molecule has 0 fully saturated rings. The second kappa shape index (κ2) is 5.64. The number of nitrogens with zero attached hydrogens (tertiary/aromatic N) is 3. The molecule has 0 bridgehead atoms. The molecule has 1 aromatic carbocycles. The molecule has 0 amide bonds. The average Bonchev–Trinajstić information content (AvgIpc) is 3.19. The van der Waals surface area contributed by atoms with Crippen molar-refractivity contribution in [1.82, 2.24) is 14.6 Å². The van der Waals surface area contributed by atoms with Crippen LogP contribution in [0.3, 0.4) is 0 Å². The predicted octanol–water partition coefficient (Wildman–Crippen LogP) is 4.99. The zero-order valence-corrected chi connectivity index (χ0v) is 13.3. The van der Waals surface area contributed by atoms with Gasteiger partial charge in [0, 0.05) is 16.8 Å². The molecule has 4 rings (SSSR count). The highest BCUT2D eigenvalue weighted by molar-refractivity contribution is 7.13. The summed E-state index contributed by atoms with van der Waals surface area (Å²) in [6, 6.07) is 10.3. The fourth-order valence-corrected chi connectivity index (χ4v) is 3.18. The van der Waals surface area contributed by atoms with Crippen LogP contribution < -0.4 is 5.32 Å². The van der Waals surface area contributed by atoms with Crippen molar-refractivity contribution in [3.8, 4) is 10.4 Å². The second-order valence-corrected chi connectivity index (χ2v) is 6.23. The van der Waals surface area contributed by atoms with Gasteiger partial charge in [-0.1, -0.05) is 17.7 Å². The van der Waals surface area contributed by atoms with Gasteiger partial charge in [-0.3, -0.25) is 0 Å². The fourth-order valence-electron chi connectivity index (χ4n) is 2.27. The van der Waals surface area contributed by atoms with Crippen LogP contribution in [0.25, 0.3) is 16.1 Å². The Labute approximate surface area is 140 Å². The van der Waals surface area contributed by atoms with Crippen molar-refractivity contribution in [1.29, 1.82) is 0 Å². The molecule has 0 saturated heterocycles. The summed E-state index contributed by atoms with van der Waals surface area (Å²) >= 11 is 7.44. The van der Waals surface area contributed by atoms with E-state index in [4.69, 9.17) is 11.6 Å². The number of hydrogen-bond donors (Lipinski definition) is 1. The van der Waals surface area contributed by atoms with E-state index in [1.54, 1.807) is 34.2 Å². The molecule has 0 aliphatic carbocycles. The smallest absolute Gasteiger partial charge is 0.165 e. The summed E-state index contributed by atoms with van der Waals surface area (Å²) in [5, 5.41) is 9.52. The number of rotatable bonds is 3. The van der Waals surface area contributed by atoms with E-state index in [1.165, 1.54) is 12.1 Å². The number of halogens is 2. The standard InChI is InChI=1S/C16H10ClFN4S/c17-12-8-10(3-4-13(12)18)20-15-5-6-22-16(21-15)11(9-19-22)14-2-1-7-23-14/h1-9H,(H,20,21). The van der Waals surface area contributed by atoms with E-state index in [0.717, 1.165) is 16.1 Å². The third-order valence-corrected chi connectivity index (χ3v) is 4.54. The Bertz CT molecular complexity index is 981. The van der Waals surface area contributed by atoms with Gasteiger partial charge >= 0.3 is 0 Å². The van der Waals surface area contributed by atoms with Crippen molar-refractivity contribution in [3.63, 3.8) is 0 Å². The average molecular weight is 345 g/mol. The van der Waals surface area contributed by atoms with Gasteiger partial charge in [0.25, 0.3) is 0 Å². The molecule has 3 heterocycles. The molecule has 114 valence electrons. The van der Waals surface area contributed by atoms with E-state index in [2.05, 4.69) is 15.4 Å². The van der Waals surface area contributed by atoms with Gasteiger partial charge in [-0.05, 0) is 35.7 Å². The molecule has 7 heteroatoms. The molecule has 0 aliphatic heterocycles. The highest BCUT2D eigenvalue weighted by Gasteiger charge is 2.10. The topological polar surface area (TPSA) is 42.2 Å². The van der Waals surface area contributed by atoms with Crippen LogP contribution in [-0.4, -0.2) is 14.6 Å². The molecule has 3 aromatic heterocycles.